The van der Waals surface area contributed by atoms with E-state index in [-0.39, 0.29) is 13.2 Å². The molecule has 4 aliphatic heterocycles. The van der Waals surface area contributed by atoms with Crippen molar-refractivity contribution in [3.05, 3.63) is 70.8 Å². The summed E-state index contributed by atoms with van der Waals surface area (Å²) in [5, 5.41) is 0. The Morgan fingerprint density at radius 1 is 0.486 bits per heavy atom. The van der Waals surface area contributed by atoms with Gasteiger partial charge in [-0.3, -0.25) is 0 Å². The molecule has 0 radical (unpaired) electrons. The molecule has 4 heterocycles. The number of carbonyl (C=O) groups excluding carboxylic acids is 4. The molecule has 0 aliphatic carbocycles. The number of hydrogen-bond donors (Lipinski definition) is 0. The molecule has 2 aromatic carbocycles. The van der Waals surface area contributed by atoms with E-state index in [9.17, 15) is 19.2 Å². The normalized spacial score (nSPS) is 19.6. The lowest BCUT2D eigenvalue weighted by molar-refractivity contribution is -0.00876. The molecule has 37 heavy (non-hydrogen) atoms. The fourth-order valence-electron chi connectivity index (χ4n) is 3.85. The second kappa shape index (κ2) is 12.0. The van der Waals surface area contributed by atoms with Gasteiger partial charge in [0, 0.05) is 0 Å². The van der Waals surface area contributed by atoms with E-state index in [4.69, 9.17) is 18.9 Å². The molecule has 0 amide bonds. The fraction of sp³-hybridized carbons (Fsp3) is 0.448. The third-order valence-corrected chi connectivity index (χ3v) is 6.01. The Hall–Kier alpha value is -3.68. The highest BCUT2D eigenvalue weighted by Gasteiger charge is 2.25. The molecule has 2 aromatic rings. The molecule has 0 N–H and O–H groups in total. The lowest BCUT2D eigenvalue weighted by atomic mass is 10.0. The number of hydrogen-bond acceptors (Lipinski definition) is 8. The molecule has 0 saturated heterocycles. The highest BCUT2D eigenvalue weighted by atomic mass is 16.6. The molecule has 8 heteroatoms. The number of benzene rings is 2. The molecule has 0 unspecified atom stereocenters. The Kier molecular flexibility index (Phi) is 9.08. The number of rotatable bonds is 0. The van der Waals surface area contributed by atoms with Crippen molar-refractivity contribution in [2.45, 2.75) is 71.0 Å². The van der Waals surface area contributed by atoms with Gasteiger partial charge in [0.15, 0.2) is 0 Å². The quantitative estimate of drug-likeness (QED) is 0.336. The minimum absolute atomic E-state index is 0.147. The van der Waals surface area contributed by atoms with Crippen molar-refractivity contribution in [2.75, 3.05) is 13.2 Å². The van der Waals surface area contributed by atoms with Crippen molar-refractivity contribution in [1.82, 2.24) is 0 Å². The van der Waals surface area contributed by atoms with Gasteiger partial charge in [-0.25, -0.2) is 19.2 Å². The molecule has 0 fully saturated rings. The lowest BCUT2D eigenvalue weighted by Gasteiger charge is -2.25. The van der Waals surface area contributed by atoms with Crippen LogP contribution in [0.4, 0.5) is 0 Å². The van der Waals surface area contributed by atoms with Gasteiger partial charge in [-0.05, 0) is 108 Å². The molecule has 0 spiro atoms. The average Bonchev–Trinajstić information content (AvgIpc) is 2.85. The molecule has 0 atom stereocenters. The van der Waals surface area contributed by atoms with Gasteiger partial charge < -0.3 is 18.9 Å². The van der Waals surface area contributed by atoms with Gasteiger partial charge in [0.05, 0.1) is 35.5 Å². The zero-order valence-electron chi connectivity index (χ0n) is 21.8. The first-order valence-corrected chi connectivity index (χ1v) is 12.5. The predicted molar refractivity (Wildman–Crippen MR) is 136 cm³/mol. The minimum atomic E-state index is -0.789. The summed E-state index contributed by atoms with van der Waals surface area (Å²) in [5.41, 5.74) is -0.194. The molecule has 4 bridgehead atoms. The van der Waals surface area contributed by atoms with Crippen LogP contribution in [0.25, 0.3) is 0 Å². The number of ether oxygens (including phenoxy) is 4. The summed E-state index contributed by atoms with van der Waals surface area (Å²) in [6.07, 6.45) is 2.81. The predicted octanol–water partition coefficient (Wildman–Crippen LogP) is 5.54. The molecular weight excluding hydrogens is 476 g/mol. The summed E-state index contributed by atoms with van der Waals surface area (Å²) < 4.78 is 22.0. The van der Waals surface area contributed by atoms with E-state index in [1.165, 1.54) is 48.5 Å². The topological polar surface area (TPSA) is 105 Å². The maximum Gasteiger partial charge on any atom is 0.338 e. The van der Waals surface area contributed by atoms with Crippen LogP contribution in [-0.2, 0) is 18.9 Å². The smallest absolute Gasteiger partial charge is 0.338 e. The first-order chi connectivity index (χ1) is 17.5. The summed E-state index contributed by atoms with van der Waals surface area (Å²) >= 11 is 0. The van der Waals surface area contributed by atoms with Crippen LogP contribution in [0.1, 0.15) is 101 Å². The maximum atomic E-state index is 12.6. The third-order valence-electron chi connectivity index (χ3n) is 6.01. The zero-order valence-corrected chi connectivity index (χ0v) is 21.8. The van der Waals surface area contributed by atoms with E-state index in [1.807, 2.05) is 13.8 Å². The molecular formula is C29H34O8. The summed E-state index contributed by atoms with van der Waals surface area (Å²) in [6, 6.07) is 12.2. The molecule has 4 aliphatic rings. The van der Waals surface area contributed by atoms with Gasteiger partial charge >= 0.3 is 23.9 Å². The van der Waals surface area contributed by atoms with Crippen LogP contribution >= 0.6 is 0 Å². The van der Waals surface area contributed by atoms with Gasteiger partial charge in [-0.15, -0.1) is 0 Å². The van der Waals surface area contributed by atoms with Crippen LogP contribution in [-0.4, -0.2) is 48.3 Å². The Bertz CT molecular complexity index is 1110. The van der Waals surface area contributed by atoms with Gasteiger partial charge in [0.1, 0.15) is 11.2 Å². The highest BCUT2D eigenvalue weighted by Crippen LogP contribution is 2.22. The second-order valence-corrected chi connectivity index (χ2v) is 10.3. The number of carbonyl (C=O) groups is 4. The first kappa shape index (κ1) is 27.9. The van der Waals surface area contributed by atoms with E-state index < -0.39 is 35.1 Å². The van der Waals surface area contributed by atoms with E-state index in [1.54, 1.807) is 13.8 Å². The highest BCUT2D eigenvalue weighted by molar-refractivity contribution is 5.94. The summed E-state index contributed by atoms with van der Waals surface area (Å²) in [7, 11) is 0. The van der Waals surface area contributed by atoms with Crippen LogP contribution in [0.2, 0.25) is 0 Å². The lowest BCUT2D eigenvalue weighted by Crippen LogP contribution is -2.28. The fourth-order valence-corrected chi connectivity index (χ4v) is 3.85. The Balaban J connectivity index is 1.72. The molecule has 6 rings (SSSR count). The first-order valence-electron chi connectivity index (χ1n) is 12.5. The summed E-state index contributed by atoms with van der Waals surface area (Å²) in [4.78, 5) is 49.9. The molecule has 0 saturated carbocycles. The van der Waals surface area contributed by atoms with E-state index in [2.05, 4.69) is 0 Å². The maximum absolute atomic E-state index is 12.6. The van der Waals surface area contributed by atoms with E-state index in [0.29, 0.717) is 54.4 Å². The standard InChI is InChI=1S/C29H34O8/c1-28(2)16-5-6-18-34-24(30)20-8-12-23(13-9-20)27(33)37-29(3,4)17-7-19-35-25(31)21-10-14-22(15-11-21)26(32)36-28/h8-15H,5-7,16-19H2,1-4H3. The Labute approximate surface area is 217 Å². The van der Waals surface area contributed by atoms with Gasteiger partial charge in [0.25, 0.3) is 0 Å². The molecule has 0 aromatic heterocycles. The molecule has 8 nitrogen and oxygen atoms in total. The van der Waals surface area contributed by atoms with Crippen molar-refractivity contribution in [3.63, 3.8) is 0 Å². The van der Waals surface area contributed by atoms with Gasteiger partial charge in [-0.2, -0.15) is 0 Å². The van der Waals surface area contributed by atoms with Gasteiger partial charge in [0.2, 0.25) is 0 Å². The summed E-state index contributed by atoms with van der Waals surface area (Å²) in [6.45, 7) is 7.58. The second-order valence-electron chi connectivity index (χ2n) is 10.3. The number of esters is 4. The Morgan fingerprint density at radius 3 is 1.22 bits per heavy atom. The Morgan fingerprint density at radius 2 is 0.811 bits per heavy atom. The minimum Gasteiger partial charge on any atom is -0.462 e. The molecule has 198 valence electrons. The largest absolute Gasteiger partial charge is 0.462 e. The van der Waals surface area contributed by atoms with Crippen molar-refractivity contribution in [2.24, 2.45) is 0 Å². The summed E-state index contributed by atoms with van der Waals surface area (Å²) in [5.74, 6) is -1.97. The average molecular weight is 511 g/mol. The van der Waals surface area contributed by atoms with Crippen LogP contribution in [0.5, 0.6) is 0 Å². The van der Waals surface area contributed by atoms with Crippen LogP contribution in [0.15, 0.2) is 48.5 Å². The van der Waals surface area contributed by atoms with Crippen LogP contribution in [0, 0.1) is 0 Å². The SMILES string of the molecule is CC1(C)CCCCOC(=O)c2ccc(cc2)C(=O)OC(C)(C)CCCOC(=O)c2ccc(cc2)C(=O)O1. The van der Waals surface area contributed by atoms with Crippen LogP contribution in [0.3, 0.4) is 0 Å². The third kappa shape index (κ3) is 8.44. The van der Waals surface area contributed by atoms with Gasteiger partial charge in [-0.1, -0.05) is 0 Å². The monoisotopic (exact) mass is 510 g/mol. The van der Waals surface area contributed by atoms with Crippen molar-refractivity contribution >= 4 is 23.9 Å². The van der Waals surface area contributed by atoms with Crippen LogP contribution < -0.4 is 0 Å². The van der Waals surface area contributed by atoms with E-state index in [0.717, 1.165) is 0 Å². The van der Waals surface area contributed by atoms with E-state index >= 15 is 0 Å². The van der Waals surface area contributed by atoms with Crippen molar-refractivity contribution < 1.29 is 38.1 Å². The zero-order chi connectivity index (χ0) is 27.1. The van der Waals surface area contributed by atoms with Crippen molar-refractivity contribution in [3.8, 4) is 0 Å². The van der Waals surface area contributed by atoms with Crippen molar-refractivity contribution in [1.29, 1.82) is 0 Å².